The van der Waals surface area contributed by atoms with E-state index in [0.29, 0.717) is 6.42 Å². The Morgan fingerprint density at radius 3 is 2.81 bits per heavy atom. The third kappa shape index (κ3) is 3.47. The number of aliphatic hydroxyl groups excluding tert-OH is 1. The molecule has 2 unspecified atom stereocenters. The first kappa shape index (κ1) is 16.0. The van der Waals surface area contributed by atoms with Crippen molar-refractivity contribution >= 4 is 16.7 Å². The van der Waals surface area contributed by atoms with Crippen LogP contribution in [0.1, 0.15) is 32.8 Å². The van der Waals surface area contributed by atoms with Crippen LogP contribution in [0.2, 0.25) is 0 Å². The molecule has 1 aromatic rings. The monoisotopic (exact) mass is 308 g/mol. The third-order valence-corrected chi connectivity index (χ3v) is 5.15. The summed E-state index contributed by atoms with van der Waals surface area (Å²) in [4.78, 5) is 6.78. The minimum Gasteiger partial charge on any atom is -0.374 e. The molecule has 0 saturated heterocycles. The molecule has 0 bridgehead atoms. The van der Waals surface area contributed by atoms with Crippen LogP contribution in [0.15, 0.2) is 35.1 Å². The van der Waals surface area contributed by atoms with E-state index < -0.39 is 6.23 Å². The number of aromatic nitrogens is 1. The summed E-state index contributed by atoms with van der Waals surface area (Å²) in [6.45, 7) is 6.12. The van der Waals surface area contributed by atoms with Gasteiger partial charge in [-0.2, -0.15) is 0 Å². The second-order valence-electron chi connectivity index (χ2n) is 5.30. The summed E-state index contributed by atoms with van der Waals surface area (Å²) < 4.78 is 13.4. The van der Waals surface area contributed by atoms with Crippen LogP contribution in [0.25, 0.3) is 4.91 Å². The topological polar surface area (TPSA) is 36.4 Å². The Balaban J connectivity index is 2.32. The highest BCUT2D eigenvalue weighted by atomic mass is 32.2. The second kappa shape index (κ2) is 6.62. The highest BCUT2D eigenvalue weighted by Gasteiger charge is 2.24. The first-order chi connectivity index (χ1) is 9.93. The fourth-order valence-electron chi connectivity index (χ4n) is 2.23. The van der Waals surface area contributed by atoms with Crippen molar-refractivity contribution in [1.82, 2.24) is 9.88 Å². The number of thioether (sulfide) groups is 1. The minimum atomic E-state index is -0.514. The lowest BCUT2D eigenvalue weighted by molar-refractivity contribution is 0.0483. The molecule has 21 heavy (non-hydrogen) atoms. The lowest BCUT2D eigenvalue weighted by Gasteiger charge is -2.33. The van der Waals surface area contributed by atoms with Gasteiger partial charge in [0.25, 0.3) is 0 Å². The summed E-state index contributed by atoms with van der Waals surface area (Å²) in [6, 6.07) is 1.49. The molecular weight excluding hydrogens is 287 g/mol. The highest BCUT2D eigenvalue weighted by molar-refractivity contribution is 8.11. The Kier molecular flexibility index (Phi) is 5.06. The van der Waals surface area contributed by atoms with Crippen molar-refractivity contribution in [3.63, 3.8) is 0 Å². The predicted molar refractivity (Wildman–Crippen MR) is 85.7 cm³/mol. The number of aliphatic hydroxyl groups is 1. The summed E-state index contributed by atoms with van der Waals surface area (Å²) in [7, 11) is 1.89. The molecule has 1 N–H and O–H groups in total. The van der Waals surface area contributed by atoms with Crippen LogP contribution in [0.3, 0.4) is 0 Å². The molecule has 0 radical (unpaired) electrons. The van der Waals surface area contributed by atoms with Crippen LogP contribution < -0.4 is 0 Å². The zero-order valence-electron chi connectivity index (χ0n) is 12.8. The van der Waals surface area contributed by atoms with E-state index >= 15 is 0 Å². The first-order valence-corrected chi connectivity index (χ1v) is 7.88. The molecule has 0 aromatic carbocycles. The van der Waals surface area contributed by atoms with Gasteiger partial charge in [0.2, 0.25) is 0 Å². The number of allylic oxidation sites excluding steroid dienone is 2. The molecule has 0 fully saturated rings. The maximum absolute atomic E-state index is 13.4. The fraction of sp³-hybridized carbons (Fsp3) is 0.438. The molecule has 2 rings (SSSR count). The average Bonchev–Trinajstić information content (AvgIpc) is 2.48. The van der Waals surface area contributed by atoms with E-state index in [0.717, 1.165) is 15.5 Å². The molecule has 1 aromatic heterocycles. The van der Waals surface area contributed by atoms with Crippen LogP contribution >= 0.6 is 11.8 Å². The zero-order chi connectivity index (χ0) is 15.6. The van der Waals surface area contributed by atoms with E-state index in [9.17, 15) is 9.50 Å². The molecule has 3 nitrogen and oxygen atoms in total. The quantitative estimate of drug-likeness (QED) is 0.858. The van der Waals surface area contributed by atoms with Crippen LogP contribution in [-0.4, -0.2) is 28.3 Å². The van der Waals surface area contributed by atoms with E-state index in [2.05, 4.69) is 24.9 Å². The number of nitrogens with zero attached hydrogens (tertiary/aromatic N) is 2. The number of halogens is 1. The molecule has 0 amide bonds. The van der Waals surface area contributed by atoms with Gasteiger partial charge in [0.05, 0.1) is 11.2 Å². The minimum absolute atomic E-state index is 0.242. The number of hydrogen-bond acceptors (Lipinski definition) is 4. The SMILES string of the molecule is CCC(O)N(C)C1=C(C)C(C)C=C(c2cncc(F)c2)S1. The van der Waals surface area contributed by atoms with E-state index in [1.807, 2.05) is 18.9 Å². The molecule has 0 aliphatic carbocycles. The lowest BCUT2D eigenvalue weighted by atomic mass is 10.0. The van der Waals surface area contributed by atoms with Gasteiger partial charge in [0.1, 0.15) is 12.0 Å². The summed E-state index contributed by atoms with van der Waals surface area (Å²) in [6.07, 6.45) is 5.13. The van der Waals surface area contributed by atoms with Gasteiger partial charge in [-0.15, -0.1) is 0 Å². The Morgan fingerprint density at radius 1 is 1.48 bits per heavy atom. The van der Waals surface area contributed by atoms with E-state index in [-0.39, 0.29) is 11.7 Å². The predicted octanol–water partition coefficient (Wildman–Crippen LogP) is 3.84. The van der Waals surface area contributed by atoms with E-state index in [4.69, 9.17) is 0 Å². The molecule has 2 atom stereocenters. The zero-order valence-corrected chi connectivity index (χ0v) is 13.6. The molecule has 1 aliphatic rings. The average molecular weight is 308 g/mol. The standard InChI is InChI=1S/C16H21FN2OS/c1-5-15(20)19(4)16-11(3)10(2)6-14(21-16)12-7-13(17)9-18-8-12/h6-10,15,20H,5H2,1-4H3. The van der Waals surface area contributed by atoms with Crippen molar-refractivity contribution in [1.29, 1.82) is 0 Å². The van der Waals surface area contributed by atoms with Crippen molar-refractivity contribution in [3.8, 4) is 0 Å². The van der Waals surface area contributed by atoms with Gasteiger partial charge in [-0.25, -0.2) is 4.39 Å². The number of rotatable bonds is 4. The summed E-state index contributed by atoms with van der Waals surface area (Å²) in [5, 5.41) is 11.1. The molecule has 1 aliphatic heterocycles. The molecule has 114 valence electrons. The molecule has 2 heterocycles. The lowest BCUT2D eigenvalue weighted by Crippen LogP contribution is -2.31. The van der Waals surface area contributed by atoms with E-state index in [1.165, 1.54) is 17.8 Å². The molecule has 0 spiro atoms. The second-order valence-corrected chi connectivity index (χ2v) is 6.33. The maximum Gasteiger partial charge on any atom is 0.142 e. The maximum atomic E-state index is 13.4. The van der Waals surface area contributed by atoms with Gasteiger partial charge >= 0.3 is 0 Å². The van der Waals surface area contributed by atoms with Gasteiger partial charge in [0.15, 0.2) is 0 Å². The summed E-state index contributed by atoms with van der Waals surface area (Å²) in [5.41, 5.74) is 1.99. The number of pyridine rings is 1. The Labute approximate surface area is 129 Å². The van der Waals surface area contributed by atoms with Gasteiger partial charge in [0, 0.05) is 23.7 Å². The summed E-state index contributed by atoms with van der Waals surface area (Å²) >= 11 is 1.56. The van der Waals surface area contributed by atoms with Crippen molar-refractivity contribution in [3.05, 3.63) is 46.5 Å². The van der Waals surface area contributed by atoms with Crippen molar-refractivity contribution in [2.45, 2.75) is 33.4 Å². The van der Waals surface area contributed by atoms with Crippen LogP contribution in [0.5, 0.6) is 0 Å². The highest BCUT2D eigenvalue weighted by Crippen LogP contribution is 2.43. The van der Waals surface area contributed by atoms with Crippen molar-refractivity contribution in [2.75, 3.05) is 7.05 Å². The smallest absolute Gasteiger partial charge is 0.142 e. The van der Waals surface area contributed by atoms with Gasteiger partial charge in [-0.1, -0.05) is 31.7 Å². The number of hydrogen-bond donors (Lipinski definition) is 1. The van der Waals surface area contributed by atoms with E-state index in [1.54, 1.807) is 18.0 Å². The summed E-state index contributed by atoms with van der Waals surface area (Å²) in [5.74, 6) is -0.0950. The van der Waals surface area contributed by atoms with Crippen molar-refractivity contribution < 1.29 is 9.50 Å². The Hall–Kier alpha value is -1.33. The largest absolute Gasteiger partial charge is 0.374 e. The fourth-order valence-corrected chi connectivity index (χ4v) is 3.55. The molecule has 0 saturated carbocycles. The van der Waals surface area contributed by atoms with Gasteiger partial charge in [-0.05, 0) is 30.9 Å². The van der Waals surface area contributed by atoms with Crippen LogP contribution in [-0.2, 0) is 0 Å². The third-order valence-electron chi connectivity index (χ3n) is 3.75. The first-order valence-electron chi connectivity index (χ1n) is 7.06. The Morgan fingerprint density at radius 2 is 2.19 bits per heavy atom. The van der Waals surface area contributed by atoms with Crippen LogP contribution in [0, 0.1) is 11.7 Å². The van der Waals surface area contributed by atoms with Crippen molar-refractivity contribution in [2.24, 2.45) is 5.92 Å². The Bertz CT molecular complexity index is 585. The normalized spacial score (nSPS) is 20.3. The van der Waals surface area contributed by atoms with Crippen LogP contribution in [0.4, 0.5) is 4.39 Å². The van der Waals surface area contributed by atoms with Gasteiger partial charge in [-0.3, -0.25) is 4.98 Å². The molecule has 5 heteroatoms. The molecular formula is C16H21FN2OS. The van der Waals surface area contributed by atoms with Gasteiger partial charge < -0.3 is 10.0 Å².